The predicted molar refractivity (Wildman–Crippen MR) is 82.6 cm³/mol. The van der Waals surface area contributed by atoms with Crippen molar-refractivity contribution in [3.05, 3.63) is 62.0 Å². The SMILES string of the molecule is N#Cc1ccc(Cl)c(NCc2ccc(Br)cc2Cl)c1. The molecule has 1 N–H and O–H groups in total. The van der Waals surface area contributed by atoms with Crippen LogP contribution in [0.2, 0.25) is 10.0 Å². The van der Waals surface area contributed by atoms with Crippen molar-refractivity contribution in [2.45, 2.75) is 6.54 Å². The van der Waals surface area contributed by atoms with Crippen LogP contribution in [0.3, 0.4) is 0 Å². The van der Waals surface area contributed by atoms with Crippen LogP contribution in [0.15, 0.2) is 40.9 Å². The van der Waals surface area contributed by atoms with Crippen LogP contribution in [0.5, 0.6) is 0 Å². The highest BCUT2D eigenvalue weighted by Gasteiger charge is 2.04. The van der Waals surface area contributed by atoms with Crippen LogP contribution in [0.4, 0.5) is 5.69 Å². The van der Waals surface area contributed by atoms with E-state index in [1.165, 1.54) is 0 Å². The normalized spacial score (nSPS) is 10.0. The van der Waals surface area contributed by atoms with E-state index < -0.39 is 0 Å². The lowest BCUT2D eigenvalue weighted by molar-refractivity contribution is 1.15. The average molecular weight is 356 g/mol. The molecule has 19 heavy (non-hydrogen) atoms. The van der Waals surface area contributed by atoms with Crippen molar-refractivity contribution >= 4 is 44.8 Å². The molecule has 2 rings (SSSR count). The Kier molecular flexibility index (Phi) is 4.71. The summed E-state index contributed by atoms with van der Waals surface area (Å²) in [5.41, 5.74) is 2.25. The number of anilines is 1. The third-order valence-corrected chi connectivity index (χ3v) is 3.75. The third kappa shape index (κ3) is 3.63. The van der Waals surface area contributed by atoms with E-state index in [4.69, 9.17) is 28.5 Å². The molecule has 0 spiro atoms. The number of halogens is 3. The summed E-state index contributed by atoms with van der Waals surface area (Å²) in [6, 6.07) is 12.9. The molecule has 2 aromatic rings. The fraction of sp³-hybridized carbons (Fsp3) is 0.0714. The summed E-state index contributed by atoms with van der Waals surface area (Å²) in [4.78, 5) is 0. The second-order valence-corrected chi connectivity index (χ2v) is 5.63. The van der Waals surface area contributed by atoms with E-state index in [9.17, 15) is 0 Å². The van der Waals surface area contributed by atoms with E-state index in [2.05, 4.69) is 27.3 Å². The smallest absolute Gasteiger partial charge is 0.0992 e. The fourth-order valence-electron chi connectivity index (χ4n) is 1.59. The van der Waals surface area contributed by atoms with Crippen LogP contribution in [0.1, 0.15) is 11.1 Å². The van der Waals surface area contributed by atoms with Gasteiger partial charge in [0.15, 0.2) is 0 Å². The van der Waals surface area contributed by atoms with Gasteiger partial charge in [-0.2, -0.15) is 5.26 Å². The molecule has 2 nitrogen and oxygen atoms in total. The van der Waals surface area contributed by atoms with E-state index in [-0.39, 0.29) is 0 Å². The standard InChI is InChI=1S/C14H9BrCl2N2/c15-11-3-2-10(13(17)6-11)8-19-14-5-9(7-18)1-4-12(14)16/h1-6,19H,8H2. The Balaban J connectivity index is 2.16. The van der Waals surface area contributed by atoms with Gasteiger partial charge in [-0.05, 0) is 35.9 Å². The molecule has 0 fully saturated rings. The second-order valence-electron chi connectivity index (χ2n) is 3.90. The maximum Gasteiger partial charge on any atom is 0.0992 e. The zero-order chi connectivity index (χ0) is 13.8. The molecule has 0 atom stereocenters. The Morgan fingerprint density at radius 1 is 1.11 bits per heavy atom. The maximum atomic E-state index is 8.87. The lowest BCUT2D eigenvalue weighted by Crippen LogP contribution is -2.01. The van der Waals surface area contributed by atoms with Crippen LogP contribution in [0, 0.1) is 11.3 Å². The maximum absolute atomic E-state index is 8.87. The van der Waals surface area contributed by atoms with Crippen LogP contribution in [-0.2, 0) is 6.54 Å². The topological polar surface area (TPSA) is 35.8 Å². The van der Waals surface area contributed by atoms with Gasteiger partial charge in [0.05, 0.1) is 22.3 Å². The summed E-state index contributed by atoms with van der Waals surface area (Å²) < 4.78 is 0.936. The number of nitrogens with zero attached hydrogens (tertiary/aromatic N) is 1. The van der Waals surface area contributed by atoms with Gasteiger partial charge in [0.25, 0.3) is 0 Å². The molecule has 0 aliphatic carbocycles. The minimum absolute atomic E-state index is 0.542. The Bertz CT molecular complexity index is 650. The Morgan fingerprint density at radius 2 is 1.89 bits per heavy atom. The lowest BCUT2D eigenvalue weighted by atomic mass is 10.2. The molecule has 0 radical (unpaired) electrons. The van der Waals surface area contributed by atoms with E-state index >= 15 is 0 Å². The first-order chi connectivity index (χ1) is 9.10. The monoisotopic (exact) mass is 354 g/mol. The fourth-order valence-corrected chi connectivity index (χ4v) is 2.51. The molecule has 0 aliphatic heterocycles. The number of benzene rings is 2. The Labute approximate surface area is 130 Å². The first-order valence-corrected chi connectivity index (χ1v) is 7.02. The molecule has 0 amide bonds. The first-order valence-electron chi connectivity index (χ1n) is 5.47. The van der Waals surface area contributed by atoms with Crippen molar-refractivity contribution in [3.8, 4) is 6.07 Å². The predicted octanol–water partition coefficient (Wildman–Crippen LogP) is 5.24. The van der Waals surface area contributed by atoms with Crippen LogP contribution in [-0.4, -0.2) is 0 Å². The van der Waals surface area contributed by atoms with Crippen molar-refractivity contribution in [1.82, 2.24) is 0 Å². The summed E-state index contributed by atoms with van der Waals surface area (Å²) in [6.07, 6.45) is 0. The van der Waals surface area contributed by atoms with Gasteiger partial charge in [-0.15, -0.1) is 0 Å². The average Bonchev–Trinajstić information content (AvgIpc) is 2.39. The minimum atomic E-state index is 0.542. The van der Waals surface area contributed by atoms with Crippen LogP contribution >= 0.6 is 39.1 Å². The highest BCUT2D eigenvalue weighted by Crippen LogP contribution is 2.26. The van der Waals surface area contributed by atoms with E-state index in [0.29, 0.717) is 22.2 Å². The molecular weight excluding hydrogens is 347 g/mol. The van der Waals surface area contributed by atoms with Gasteiger partial charge in [-0.25, -0.2) is 0 Å². The molecule has 0 saturated carbocycles. The second kappa shape index (κ2) is 6.29. The molecule has 0 unspecified atom stereocenters. The molecule has 0 aromatic heterocycles. The van der Waals surface area contributed by atoms with Crippen LogP contribution < -0.4 is 5.32 Å². The molecule has 0 aliphatic rings. The quantitative estimate of drug-likeness (QED) is 0.817. The number of rotatable bonds is 3. The van der Waals surface area contributed by atoms with Gasteiger partial charge in [-0.1, -0.05) is 45.2 Å². The zero-order valence-corrected chi connectivity index (χ0v) is 12.9. The van der Waals surface area contributed by atoms with Gasteiger partial charge >= 0.3 is 0 Å². The Hall–Kier alpha value is -1.21. The molecular formula is C14H9BrCl2N2. The minimum Gasteiger partial charge on any atom is -0.380 e. The summed E-state index contributed by atoms with van der Waals surface area (Å²) in [7, 11) is 0. The number of hydrogen-bond acceptors (Lipinski definition) is 2. The summed E-state index contributed by atoms with van der Waals surface area (Å²) in [6.45, 7) is 0.542. The van der Waals surface area contributed by atoms with Crippen LogP contribution in [0.25, 0.3) is 0 Å². The van der Waals surface area contributed by atoms with E-state index in [1.807, 2.05) is 18.2 Å². The van der Waals surface area contributed by atoms with Gasteiger partial charge in [0.2, 0.25) is 0 Å². The number of nitriles is 1. The highest BCUT2D eigenvalue weighted by molar-refractivity contribution is 9.10. The van der Waals surface area contributed by atoms with Crippen molar-refractivity contribution in [2.75, 3.05) is 5.32 Å². The Morgan fingerprint density at radius 3 is 2.58 bits per heavy atom. The van der Waals surface area contributed by atoms with Gasteiger partial charge in [0.1, 0.15) is 0 Å². The molecule has 0 saturated heterocycles. The lowest BCUT2D eigenvalue weighted by Gasteiger charge is -2.10. The van der Waals surface area contributed by atoms with E-state index in [1.54, 1.807) is 18.2 Å². The summed E-state index contributed by atoms with van der Waals surface area (Å²) in [5, 5.41) is 13.3. The third-order valence-electron chi connectivity index (χ3n) is 2.58. The van der Waals surface area contributed by atoms with Gasteiger partial charge < -0.3 is 5.32 Å². The highest BCUT2D eigenvalue weighted by atomic mass is 79.9. The van der Waals surface area contributed by atoms with Crippen molar-refractivity contribution in [3.63, 3.8) is 0 Å². The van der Waals surface area contributed by atoms with Crippen molar-refractivity contribution in [2.24, 2.45) is 0 Å². The molecule has 0 heterocycles. The van der Waals surface area contributed by atoms with Gasteiger partial charge in [0, 0.05) is 16.0 Å². The van der Waals surface area contributed by atoms with Crippen molar-refractivity contribution in [1.29, 1.82) is 5.26 Å². The molecule has 96 valence electrons. The van der Waals surface area contributed by atoms with Crippen molar-refractivity contribution < 1.29 is 0 Å². The largest absolute Gasteiger partial charge is 0.380 e. The van der Waals surface area contributed by atoms with Gasteiger partial charge in [-0.3, -0.25) is 0 Å². The number of hydrogen-bond donors (Lipinski definition) is 1. The molecule has 2 aromatic carbocycles. The molecule has 5 heteroatoms. The number of nitrogens with one attached hydrogen (secondary N) is 1. The first kappa shape index (κ1) is 14.2. The van der Waals surface area contributed by atoms with E-state index in [0.717, 1.165) is 15.7 Å². The summed E-state index contributed by atoms with van der Waals surface area (Å²) in [5.74, 6) is 0. The molecule has 0 bridgehead atoms. The summed E-state index contributed by atoms with van der Waals surface area (Å²) >= 11 is 15.6. The zero-order valence-electron chi connectivity index (χ0n) is 9.75.